The highest BCUT2D eigenvalue weighted by molar-refractivity contribution is 7.22. The molecule has 1 aliphatic heterocycles. The second kappa shape index (κ2) is 7.67. The van der Waals surface area contributed by atoms with Crippen LogP contribution >= 0.6 is 11.3 Å². The number of rotatable bonds is 6. The van der Waals surface area contributed by atoms with Crippen LogP contribution in [0, 0.1) is 11.8 Å². The van der Waals surface area contributed by atoms with Gasteiger partial charge in [0.1, 0.15) is 11.6 Å². The van der Waals surface area contributed by atoms with Gasteiger partial charge in [-0.1, -0.05) is 29.9 Å². The van der Waals surface area contributed by atoms with Crippen molar-refractivity contribution in [1.29, 1.82) is 0 Å². The standard InChI is InChI=1S/C22H27N7S/c1-2-4-18-16(3-1)26-22(30-18)29-21-27-19(24-15-7-8-23-12-15)11-20(28-21)25-17-10-13-5-6-14(17)9-13/h1-4,11,13-15,17,23H,5-10,12H2,(H3,24,25,26,27,28,29)/t13-,14+,15?,17?/m0/s1. The average molecular weight is 422 g/mol. The van der Waals surface area contributed by atoms with E-state index in [-0.39, 0.29) is 0 Å². The van der Waals surface area contributed by atoms with E-state index in [2.05, 4.69) is 38.4 Å². The number of hydrogen-bond acceptors (Lipinski definition) is 8. The lowest BCUT2D eigenvalue weighted by Gasteiger charge is -2.24. The maximum Gasteiger partial charge on any atom is 0.232 e. The van der Waals surface area contributed by atoms with Crippen LogP contribution in [0.3, 0.4) is 0 Å². The Balaban J connectivity index is 1.27. The van der Waals surface area contributed by atoms with Crippen LogP contribution in [0.5, 0.6) is 0 Å². The lowest BCUT2D eigenvalue weighted by molar-refractivity contribution is 0.439. The molecule has 2 bridgehead atoms. The molecule has 156 valence electrons. The van der Waals surface area contributed by atoms with Crippen molar-refractivity contribution in [3.8, 4) is 0 Å². The molecule has 3 aromatic rings. The number of fused-ring (bicyclic) bond motifs is 3. The van der Waals surface area contributed by atoms with Crippen LogP contribution in [0.1, 0.15) is 32.1 Å². The van der Waals surface area contributed by atoms with E-state index >= 15 is 0 Å². The van der Waals surface area contributed by atoms with Gasteiger partial charge in [-0.15, -0.1) is 0 Å². The van der Waals surface area contributed by atoms with Crippen molar-refractivity contribution >= 4 is 44.3 Å². The van der Waals surface area contributed by atoms with Gasteiger partial charge >= 0.3 is 0 Å². The van der Waals surface area contributed by atoms with E-state index in [9.17, 15) is 0 Å². The quantitative estimate of drug-likeness (QED) is 0.474. The second-order valence-corrected chi connectivity index (χ2v) is 9.86. The van der Waals surface area contributed by atoms with E-state index in [1.807, 2.05) is 18.2 Å². The maximum absolute atomic E-state index is 4.80. The molecular formula is C22H27N7S. The van der Waals surface area contributed by atoms with Gasteiger partial charge in [-0.05, 0) is 56.2 Å². The Morgan fingerprint density at radius 2 is 1.87 bits per heavy atom. The van der Waals surface area contributed by atoms with Crippen LogP contribution in [0.4, 0.5) is 22.7 Å². The van der Waals surface area contributed by atoms with Crippen molar-refractivity contribution in [2.24, 2.45) is 11.8 Å². The predicted molar refractivity (Wildman–Crippen MR) is 123 cm³/mol. The summed E-state index contributed by atoms with van der Waals surface area (Å²) in [6.07, 6.45) is 6.50. The highest BCUT2D eigenvalue weighted by Crippen LogP contribution is 2.45. The third-order valence-electron chi connectivity index (χ3n) is 6.72. The van der Waals surface area contributed by atoms with Crippen LogP contribution in [0.2, 0.25) is 0 Å². The highest BCUT2D eigenvalue weighted by Gasteiger charge is 2.39. The summed E-state index contributed by atoms with van der Waals surface area (Å²) in [7, 11) is 0. The van der Waals surface area contributed by atoms with Crippen LogP contribution in [0.15, 0.2) is 30.3 Å². The first-order valence-corrected chi connectivity index (χ1v) is 11.9. The van der Waals surface area contributed by atoms with E-state index in [1.165, 1.54) is 25.7 Å². The van der Waals surface area contributed by atoms with Gasteiger partial charge in [-0.25, -0.2) is 4.98 Å². The largest absolute Gasteiger partial charge is 0.367 e. The molecule has 2 aliphatic carbocycles. The summed E-state index contributed by atoms with van der Waals surface area (Å²) in [4.78, 5) is 14.2. The fourth-order valence-corrected chi connectivity index (χ4v) is 6.13. The molecule has 2 saturated carbocycles. The topological polar surface area (TPSA) is 86.8 Å². The fourth-order valence-electron chi connectivity index (χ4n) is 5.27. The summed E-state index contributed by atoms with van der Waals surface area (Å²) in [5, 5.41) is 14.9. The maximum atomic E-state index is 4.80. The minimum atomic E-state index is 0.408. The molecule has 0 spiro atoms. The summed E-state index contributed by atoms with van der Waals surface area (Å²) < 4.78 is 1.16. The summed E-state index contributed by atoms with van der Waals surface area (Å²) in [6, 6.07) is 11.2. The molecule has 3 aliphatic rings. The third-order valence-corrected chi connectivity index (χ3v) is 7.67. The van der Waals surface area contributed by atoms with Gasteiger partial charge in [0.15, 0.2) is 5.13 Å². The molecule has 6 rings (SSSR count). The number of nitrogens with zero attached hydrogens (tertiary/aromatic N) is 3. The summed E-state index contributed by atoms with van der Waals surface area (Å²) in [6.45, 7) is 2.02. The lowest BCUT2D eigenvalue weighted by Crippen LogP contribution is -2.27. The van der Waals surface area contributed by atoms with Gasteiger partial charge in [0, 0.05) is 24.7 Å². The number of aromatic nitrogens is 3. The zero-order chi connectivity index (χ0) is 19.9. The number of benzene rings is 1. The zero-order valence-electron chi connectivity index (χ0n) is 16.9. The highest BCUT2D eigenvalue weighted by atomic mass is 32.1. The Hall–Kier alpha value is -2.45. The molecule has 8 heteroatoms. The second-order valence-electron chi connectivity index (χ2n) is 8.83. The number of nitrogens with one attached hydrogen (secondary N) is 4. The molecule has 1 aromatic carbocycles. The molecule has 4 atom stereocenters. The van der Waals surface area contributed by atoms with Crippen molar-refractivity contribution in [2.75, 3.05) is 29.0 Å². The number of para-hydroxylation sites is 1. The molecule has 3 fully saturated rings. The Morgan fingerprint density at radius 3 is 2.63 bits per heavy atom. The van der Waals surface area contributed by atoms with Crippen molar-refractivity contribution in [3.63, 3.8) is 0 Å². The molecule has 7 nitrogen and oxygen atoms in total. The Morgan fingerprint density at radius 1 is 0.967 bits per heavy atom. The third kappa shape index (κ3) is 3.70. The minimum Gasteiger partial charge on any atom is -0.367 e. The van der Waals surface area contributed by atoms with Crippen molar-refractivity contribution in [1.82, 2.24) is 20.3 Å². The van der Waals surface area contributed by atoms with Gasteiger partial charge in [0.25, 0.3) is 0 Å². The zero-order valence-corrected chi connectivity index (χ0v) is 17.7. The lowest BCUT2D eigenvalue weighted by atomic mass is 9.95. The summed E-state index contributed by atoms with van der Waals surface area (Å²) in [5.74, 6) is 4.06. The summed E-state index contributed by atoms with van der Waals surface area (Å²) >= 11 is 1.63. The normalized spacial score (nSPS) is 27.6. The first-order chi connectivity index (χ1) is 14.8. The van der Waals surface area contributed by atoms with Crippen molar-refractivity contribution < 1.29 is 0 Å². The molecule has 4 N–H and O–H groups in total. The van der Waals surface area contributed by atoms with E-state index in [0.29, 0.717) is 18.0 Å². The van der Waals surface area contributed by atoms with Gasteiger partial charge in [-0.3, -0.25) is 5.32 Å². The monoisotopic (exact) mass is 421 g/mol. The van der Waals surface area contributed by atoms with Crippen molar-refractivity contribution in [2.45, 2.75) is 44.2 Å². The van der Waals surface area contributed by atoms with E-state index < -0.39 is 0 Å². The molecule has 2 aromatic heterocycles. The minimum absolute atomic E-state index is 0.408. The Bertz CT molecular complexity index is 1010. The van der Waals surface area contributed by atoms with Gasteiger partial charge in [-0.2, -0.15) is 9.97 Å². The Labute approximate surface area is 180 Å². The SMILES string of the molecule is c1ccc2sc(Nc3nc(NC4CCNC4)cc(NC4C[C@H]5CC[C@@H]4C5)n3)nc2c1. The first kappa shape index (κ1) is 18.3. The predicted octanol–water partition coefficient (Wildman–Crippen LogP) is 4.20. The van der Waals surface area contributed by atoms with Crippen LogP contribution in [-0.2, 0) is 0 Å². The number of hydrogen-bond donors (Lipinski definition) is 4. The van der Waals surface area contributed by atoms with Crippen molar-refractivity contribution in [3.05, 3.63) is 30.3 Å². The fraction of sp³-hybridized carbons (Fsp3) is 0.500. The van der Waals surface area contributed by atoms with E-state index in [0.717, 1.165) is 58.3 Å². The number of thiazole rings is 1. The molecule has 3 heterocycles. The van der Waals surface area contributed by atoms with E-state index in [1.54, 1.807) is 11.3 Å². The van der Waals surface area contributed by atoms with Gasteiger partial charge in [0.05, 0.1) is 10.2 Å². The van der Waals surface area contributed by atoms with Gasteiger partial charge < -0.3 is 16.0 Å². The molecule has 0 radical (unpaired) electrons. The smallest absolute Gasteiger partial charge is 0.232 e. The van der Waals surface area contributed by atoms with Gasteiger partial charge in [0.2, 0.25) is 5.95 Å². The van der Waals surface area contributed by atoms with Crippen LogP contribution in [-0.4, -0.2) is 40.1 Å². The molecule has 30 heavy (non-hydrogen) atoms. The van der Waals surface area contributed by atoms with Crippen LogP contribution in [0.25, 0.3) is 10.2 Å². The molecular weight excluding hydrogens is 394 g/mol. The number of anilines is 4. The average Bonchev–Trinajstić information content (AvgIpc) is 3.52. The van der Waals surface area contributed by atoms with E-state index in [4.69, 9.17) is 9.97 Å². The van der Waals surface area contributed by atoms with Crippen LogP contribution < -0.4 is 21.3 Å². The molecule has 2 unspecified atom stereocenters. The Kier molecular flexibility index (Phi) is 4.68. The molecule has 0 amide bonds. The summed E-state index contributed by atoms with van der Waals surface area (Å²) in [5.41, 5.74) is 0.997. The first-order valence-electron chi connectivity index (χ1n) is 11.0. The molecule has 1 saturated heterocycles.